The minimum Gasteiger partial charge on any atom is -0.463 e. The number of carbonyl (C=O) groups excluding carboxylic acids is 3. The molecule has 4 nitrogen and oxygen atoms in total. The van der Waals surface area contributed by atoms with Gasteiger partial charge < -0.3 is 4.74 Å². The third-order valence-electron chi connectivity index (χ3n) is 0.974. The van der Waals surface area contributed by atoms with Crippen molar-refractivity contribution in [3.63, 3.8) is 0 Å². The first-order valence-electron chi connectivity index (χ1n) is 2.77. The number of carbonyl (C=O) groups is 3. The summed E-state index contributed by atoms with van der Waals surface area (Å²) in [6, 6.07) is 0. The average Bonchev–Trinajstić information content (AvgIpc) is 2.00. The smallest absolute Gasteiger partial charge is 0.376 e. The summed E-state index contributed by atoms with van der Waals surface area (Å²) >= 11 is 5.24. The van der Waals surface area contributed by atoms with Crippen LogP contribution in [0.3, 0.4) is 0 Å². The van der Waals surface area contributed by atoms with Crippen LogP contribution in [-0.4, -0.2) is 30.0 Å². The first-order chi connectivity index (χ1) is 5.00. The van der Waals surface area contributed by atoms with Gasteiger partial charge in [0.25, 0.3) is 5.78 Å². The Morgan fingerprint density at radius 1 is 1.36 bits per heavy atom. The van der Waals surface area contributed by atoms with E-state index in [0.29, 0.717) is 0 Å². The van der Waals surface area contributed by atoms with Crippen molar-refractivity contribution in [2.24, 2.45) is 0 Å². The molecule has 0 aliphatic heterocycles. The van der Waals surface area contributed by atoms with Crippen LogP contribution in [0.5, 0.6) is 0 Å². The number of Topliss-reactive ketones (excluding diaryl/α,β-unsaturated/α-hetero) is 2. The predicted octanol–water partition coefficient (Wildman–Crippen LogP) is -0.0751. The van der Waals surface area contributed by atoms with Crippen molar-refractivity contribution < 1.29 is 19.1 Å². The zero-order chi connectivity index (χ0) is 9.02. The number of ketones is 2. The highest BCUT2D eigenvalue weighted by molar-refractivity contribution is 6.54. The molecule has 0 heterocycles. The molecule has 1 atom stereocenters. The van der Waals surface area contributed by atoms with Gasteiger partial charge in [-0.1, -0.05) is 0 Å². The van der Waals surface area contributed by atoms with Crippen LogP contribution in [0, 0.1) is 0 Å². The number of halogens is 1. The lowest BCUT2D eigenvalue weighted by atomic mass is 10.2. The van der Waals surface area contributed by atoms with Crippen molar-refractivity contribution in [1.29, 1.82) is 0 Å². The van der Waals surface area contributed by atoms with Crippen LogP contribution in [0.4, 0.5) is 0 Å². The lowest BCUT2D eigenvalue weighted by Gasteiger charge is -2.00. The van der Waals surface area contributed by atoms with Crippen LogP contribution in [-0.2, 0) is 19.1 Å². The quantitative estimate of drug-likeness (QED) is 0.263. The summed E-state index contributed by atoms with van der Waals surface area (Å²) in [6.45, 7) is 1.12. The maximum absolute atomic E-state index is 10.7. The molecule has 62 valence electrons. The Labute approximate surface area is 68.5 Å². The number of alkyl halides is 1. The average molecular weight is 179 g/mol. The van der Waals surface area contributed by atoms with Crippen LogP contribution < -0.4 is 0 Å². The Morgan fingerprint density at radius 3 is 2.09 bits per heavy atom. The van der Waals surface area contributed by atoms with Crippen LogP contribution in [0.2, 0.25) is 0 Å². The van der Waals surface area contributed by atoms with Gasteiger partial charge in [-0.15, -0.1) is 11.6 Å². The van der Waals surface area contributed by atoms with Crippen molar-refractivity contribution in [3.8, 4) is 0 Å². The van der Waals surface area contributed by atoms with E-state index in [9.17, 15) is 14.4 Å². The van der Waals surface area contributed by atoms with E-state index in [0.717, 1.165) is 14.0 Å². The molecule has 0 rings (SSSR count). The summed E-state index contributed by atoms with van der Waals surface area (Å²) in [5, 5.41) is -1.41. The molecule has 0 amide bonds. The molecule has 0 unspecified atom stereocenters. The Morgan fingerprint density at radius 2 is 1.82 bits per heavy atom. The SMILES string of the molecule is COC(=O)C(=O)[C@H](Cl)C(C)=O. The molecule has 5 heteroatoms. The molecule has 0 aliphatic carbocycles. The zero-order valence-corrected chi connectivity index (χ0v) is 6.84. The third-order valence-corrected chi connectivity index (χ3v) is 1.48. The second kappa shape index (κ2) is 4.08. The van der Waals surface area contributed by atoms with Crippen molar-refractivity contribution in [2.75, 3.05) is 7.11 Å². The van der Waals surface area contributed by atoms with Gasteiger partial charge in [0.2, 0.25) is 0 Å². The van der Waals surface area contributed by atoms with Crippen LogP contribution in [0.15, 0.2) is 0 Å². The van der Waals surface area contributed by atoms with Gasteiger partial charge in [0.1, 0.15) is 0 Å². The van der Waals surface area contributed by atoms with E-state index in [-0.39, 0.29) is 0 Å². The number of hydrogen-bond acceptors (Lipinski definition) is 4. The molecule has 0 N–H and O–H groups in total. The van der Waals surface area contributed by atoms with Crippen LogP contribution >= 0.6 is 11.6 Å². The van der Waals surface area contributed by atoms with E-state index in [1.165, 1.54) is 0 Å². The number of ether oxygens (including phenoxy) is 1. The number of hydrogen-bond donors (Lipinski definition) is 0. The summed E-state index contributed by atoms with van der Waals surface area (Å²) in [6.07, 6.45) is 0. The molecule has 0 aromatic rings. The summed E-state index contributed by atoms with van der Waals surface area (Å²) in [5.74, 6) is -2.69. The molecular weight excluding hydrogens is 172 g/mol. The summed E-state index contributed by atoms with van der Waals surface area (Å²) in [7, 11) is 1.05. The first kappa shape index (κ1) is 10.1. The van der Waals surface area contributed by atoms with E-state index in [1.54, 1.807) is 0 Å². The molecule has 0 aromatic heterocycles. The Balaban J connectivity index is 4.25. The minimum atomic E-state index is -1.41. The number of methoxy groups -OCH3 is 1. The van der Waals surface area contributed by atoms with E-state index in [2.05, 4.69) is 4.74 Å². The Kier molecular flexibility index (Phi) is 3.74. The molecule has 0 saturated heterocycles. The summed E-state index contributed by atoms with van der Waals surface area (Å²) in [4.78, 5) is 31.6. The van der Waals surface area contributed by atoms with E-state index >= 15 is 0 Å². The van der Waals surface area contributed by atoms with Gasteiger partial charge in [-0.05, 0) is 6.92 Å². The predicted molar refractivity (Wildman–Crippen MR) is 37.3 cm³/mol. The fourth-order valence-electron chi connectivity index (χ4n) is 0.389. The van der Waals surface area contributed by atoms with E-state index in [1.807, 2.05) is 0 Å². The normalized spacial score (nSPS) is 11.9. The molecule has 0 aliphatic rings. The van der Waals surface area contributed by atoms with Gasteiger partial charge in [0.15, 0.2) is 11.2 Å². The monoisotopic (exact) mass is 178 g/mol. The lowest BCUT2D eigenvalue weighted by Crippen LogP contribution is -2.30. The molecule has 0 bridgehead atoms. The first-order valence-corrected chi connectivity index (χ1v) is 3.21. The largest absolute Gasteiger partial charge is 0.463 e. The van der Waals surface area contributed by atoms with Crippen LogP contribution in [0.1, 0.15) is 6.92 Å². The Hall–Kier alpha value is -0.900. The molecule has 0 fully saturated rings. The second-order valence-corrected chi connectivity index (χ2v) is 2.27. The van der Waals surface area contributed by atoms with Crippen molar-refractivity contribution >= 4 is 29.1 Å². The molecule has 0 saturated carbocycles. The fourth-order valence-corrected chi connectivity index (χ4v) is 0.478. The van der Waals surface area contributed by atoms with Crippen molar-refractivity contribution in [2.45, 2.75) is 12.3 Å². The maximum atomic E-state index is 10.7. The third kappa shape index (κ3) is 2.67. The molecule has 0 spiro atoms. The highest BCUT2D eigenvalue weighted by Gasteiger charge is 2.27. The van der Waals surface area contributed by atoms with E-state index in [4.69, 9.17) is 11.6 Å². The maximum Gasteiger partial charge on any atom is 0.376 e. The Bertz CT molecular complexity index is 199. The fraction of sp³-hybridized carbons (Fsp3) is 0.500. The lowest BCUT2D eigenvalue weighted by molar-refractivity contribution is -0.152. The van der Waals surface area contributed by atoms with Gasteiger partial charge in [-0.25, -0.2) is 4.79 Å². The van der Waals surface area contributed by atoms with Gasteiger partial charge in [-0.3, -0.25) is 9.59 Å². The minimum absolute atomic E-state index is 0.568. The van der Waals surface area contributed by atoms with Gasteiger partial charge in [0, 0.05) is 0 Å². The second-order valence-electron chi connectivity index (χ2n) is 1.83. The molecule has 0 radical (unpaired) electrons. The van der Waals surface area contributed by atoms with Gasteiger partial charge in [0.05, 0.1) is 7.11 Å². The van der Waals surface area contributed by atoms with Crippen LogP contribution in [0.25, 0.3) is 0 Å². The van der Waals surface area contributed by atoms with Gasteiger partial charge in [-0.2, -0.15) is 0 Å². The summed E-state index contributed by atoms with van der Waals surface area (Å²) in [5.41, 5.74) is 0. The standard InChI is InChI=1S/C6H7ClO4/c1-3(8)4(7)5(9)6(10)11-2/h4H,1-2H3/t4-/m1/s1. The summed E-state index contributed by atoms with van der Waals surface area (Å²) < 4.78 is 4.06. The van der Waals surface area contributed by atoms with Gasteiger partial charge >= 0.3 is 5.97 Å². The number of esters is 1. The zero-order valence-electron chi connectivity index (χ0n) is 6.09. The van der Waals surface area contributed by atoms with E-state index < -0.39 is 22.9 Å². The molecule has 11 heavy (non-hydrogen) atoms. The van der Waals surface area contributed by atoms with Crippen molar-refractivity contribution in [1.82, 2.24) is 0 Å². The molecule has 0 aromatic carbocycles. The van der Waals surface area contributed by atoms with Crippen molar-refractivity contribution in [3.05, 3.63) is 0 Å². The topological polar surface area (TPSA) is 60.4 Å². The highest BCUT2D eigenvalue weighted by Crippen LogP contribution is 1.99. The highest BCUT2D eigenvalue weighted by atomic mass is 35.5. The molecular formula is C6H7ClO4. The number of rotatable bonds is 3.